The second kappa shape index (κ2) is 9.00. The monoisotopic (exact) mass is 457 g/mol. The summed E-state index contributed by atoms with van der Waals surface area (Å²) in [7, 11) is 1.48. The van der Waals surface area contributed by atoms with Crippen molar-refractivity contribution in [2.24, 2.45) is 5.10 Å². The molecule has 8 heteroatoms. The predicted octanol–water partition coefficient (Wildman–Crippen LogP) is 3.93. The minimum Gasteiger partial charge on any atom is -0.493 e. The number of rotatable bonds is 6. The molecule has 3 aromatic rings. The molecule has 0 fully saturated rings. The minimum absolute atomic E-state index is 0.237. The summed E-state index contributed by atoms with van der Waals surface area (Å²) >= 11 is 3.39. The molecule has 0 aliphatic rings. The highest BCUT2D eigenvalue weighted by Crippen LogP contribution is 2.27. The summed E-state index contributed by atoms with van der Waals surface area (Å²) < 4.78 is 12.5. The fraction of sp³-hybridized carbons (Fsp3) is 0.238. The molecular weight excluding hydrogens is 438 g/mol. The van der Waals surface area contributed by atoms with Crippen molar-refractivity contribution in [1.29, 1.82) is 0 Å². The van der Waals surface area contributed by atoms with Gasteiger partial charge in [0.15, 0.2) is 11.5 Å². The average molecular weight is 458 g/mol. The summed E-state index contributed by atoms with van der Waals surface area (Å²) in [5.74, 6) is 0.866. The van der Waals surface area contributed by atoms with Crippen LogP contribution in [-0.4, -0.2) is 29.0 Å². The van der Waals surface area contributed by atoms with Crippen molar-refractivity contribution in [3.63, 3.8) is 0 Å². The molecule has 0 atom stereocenters. The van der Waals surface area contributed by atoms with Crippen LogP contribution in [0, 0.1) is 0 Å². The lowest BCUT2D eigenvalue weighted by Gasteiger charge is -2.10. The zero-order valence-electron chi connectivity index (χ0n) is 16.3. The van der Waals surface area contributed by atoms with Crippen molar-refractivity contribution in [2.75, 3.05) is 7.11 Å². The zero-order chi connectivity index (χ0) is 21.0. The standard InChI is InChI=1S/C21H20BrN3O4/c1-4-5-20-24-17-8-7-15(22)11-16(17)21(27)25(20)23-12-14-6-9-18(29-13(2)26)19(10-14)28-3/h6-12H,4-5H2,1-3H3. The number of hydrogen-bond donors (Lipinski definition) is 0. The Balaban J connectivity index is 2.05. The van der Waals surface area contributed by atoms with Gasteiger partial charge in [-0.3, -0.25) is 9.59 Å². The zero-order valence-corrected chi connectivity index (χ0v) is 17.9. The van der Waals surface area contributed by atoms with Crippen LogP contribution in [-0.2, 0) is 11.2 Å². The molecule has 0 unspecified atom stereocenters. The third kappa shape index (κ3) is 4.71. The normalized spacial score (nSPS) is 11.2. The van der Waals surface area contributed by atoms with Crippen molar-refractivity contribution < 1.29 is 14.3 Å². The van der Waals surface area contributed by atoms with E-state index in [0.29, 0.717) is 40.2 Å². The Hall–Kier alpha value is -3.00. The van der Waals surface area contributed by atoms with Crippen LogP contribution in [0.5, 0.6) is 11.5 Å². The van der Waals surface area contributed by atoms with Crippen LogP contribution in [0.15, 0.2) is 50.8 Å². The number of halogens is 1. The number of carbonyl (C=O) groups excluding carboxylic acids is 1. The van der Waals surface area contributed by atoms with Crippen LogP contribution in [0.25, 0.3) is 10.9 Å². The van der Waals surface area contributed by atoms with Crippen molar-refractivity contribution in [2.45, 2.75) is 26.7 Å². The van der Waals surface area contributed by atoms with E-state index in [1.165, 1.54) is 18.7 Å². The number of aryl methyl sites for hydroxylation is 1. The summed E-state index contributed by atoms with van der Waals surface area (Å²) in [6, 6.07) is 10.4. The molecule has 1 aromatic heterocycles. The second-order valence-electron chi connectivity index (χ2n) is 6.30. The molecule has 0 spiro atoms. The lowest BCUT2D eigenvalue weighted by Crippen LogP contribution is -2.22. The minimum atomic E-state index is -0.436. The molecule has 150 valence electrons. The Morgan fingerprint density at radius 2 is 2.03 bits per heavy atom. The second-order valence-corrected chi connectivity index (χ2v) is 7.22. The maximum Gasteiger partial charge on any atom is 0.308 e. The van der Waals surface area contributed by atoms with Gasteiger partial charge in [0, 0.05) is 17.8 Å². The molecule has 29 heavy (non-hydrogen) atoms. The number of nitrogens with zero attached hydrogens (tertiary/aromatic N) is 3. The van der Waals surface area contributed by atoms with Crippen molar-refractivity contribution >= 4 is 39.0 Å². The molecule has 7 nitrogen and oxygen atoms in total. The van der Waals surface area contributed by atoms with Crippen LogP contribution in [0.3, 0.4) is 0 Å². The van der Waals surface area contributed by atoms with Gasteiger partial charge in [-0.1, -0.05) is 22.9 Å². The smallest absolute Gasteiger partial charge is 0.308 e. The largest absolute Gasteiger partial charge is 0.493 e. The summed E-state index contributed by atoms with van der Waals surface area (Å²) in [5.41, 5.74) is 1.08. The SMILES string of the molecule is CCCc1nc2ccc(Br)cc2c(=O)n1N=Cc1ccc(OC(C)=O)c(OC)c1. The fourth-order valence-electron chi connectivity index (χ4n) is 2.83. The molecule has 0 saturated carbocycles. The van der Waals surface area contributed by atoms with Crippen molar-refractivity contribution in [3.05, 3.63) is 62.6 Å². The van der Waals surface area contributed by atoms with Gasteiger partial charge < -0.3 is 9.47 Å². The van der Waals surface area contributed by atoms with E-state index in [4.69, 9.17) is 9.47 Å². The number of fused-ring (bicyclic) bond motifs is 1. The van der Waals surface area contributed by atoms with Crippen LogP contribution in [0.1, 0.15) is 31.7 Å². The average Bonchev–Trinajstić information content (AvgIpc) is 2.69. The Labute approximate surface area is 176 Å². The van der Waals surface area contributed by atoms with Gasteiger partial charge in [0.25, 0.3) is 5.56 Å². The summed E-state index contributed by atoms with van der Waals surface area (Å²) in [6.45, 7) is 3.34. The van der Waals surface area contributed by atoms with Gasteiger partial charge in [-0.15, -0.1) is 0 Å². The number of benzene rings is 2. The Kier molecular flexibility index (Phi) is 6.43. The highest BCUT2D eigenvalue weighted by atomic mass is 79.9. The lowest BCUT2D eigenvalue weighted by atomic mass is 10.2. The topological polar surface area (TPSA) is 82.8 Å². The van der Waals surface area contributed by atoms with Gasteiger partial charge in [-0.05, 0) is 48.4 Å². The first-order chi connectivity index (χ1) is 13.9. The highest BCUT2D eigenvalue weighted by Gasteiger charge is 2.11. The molecule has 0 N–H and O–H groups in total. The number of hydrogen-bond acceptors (Lipinski definition) is 6. The number of carbonyl (C=O) groups is 1. The molecule has 2 aromatic carbocycles. The van der Waals surface area contributed by atoms with Crippen LogP contribution < -0.4 is 15.0 Å². The maximum atomic E-state index is 13.0. The first kappa shape index (κ1) is 20.7. The first-order valence-corrected chi connectivity index (χ1v) is 9.84. The van der Waals surface area contributed by atoms with E-state index in [1.54, 1.807) is 30.5 Å². The number of ether oxygens (including phenoxy) is 2. The summed E-state index contributed by atoms with van der Waals surface area (Å²) in [4.78, 5) is 28.8. The molecule has 0 radical (unpaired) electrons. The van der Waals surface area contributed by atoms with Gasteiger partial charge in [0.1, 0.15) is 5.82 Å². The molecule has 0 bridgehead atoms. The Bertz CT molecular complexity index is 1150. The predicted molar refractivity (Wildman–Crippen MR) is 115 cm³/mol. The van der Waals surface area contributed by atoms with Crippen LogP contribution in [0.2, 0.25) is 0 Å². The highest BCUT2D eigenvalue weighted by molar-refractivity contribution is 9.10. The molecule has 1 heterocycles. The fourth-order valence-corrected chi connectivity index (χ4v) is 3.19. The Morgan fingerprint density at radius 3 is 2.72 bits per heavy atom. The van der Waals surface area contributed by atoms with E-state index in [1.807, 2.05) is 19.1 Å². The van der Waals surface area contributed by atoms with E-state index >= 15 is 0 Å². The van der Waals surface area contributed by atoms with E-state index in [2.05, 4.69) is 26.0 Å². The van der Waals surface area contributed by atoms with E-state index in [9.17, 15) is 9.59 Å². The third-order valence-corrected chi connectivity index (χ3v) is 4.61. The van der Waals surface area contributed by atoms with Gasteiger partial charge in [0.05, 0.1) is 24.2 Å². The molecule has 0 aliphatic carbocycles. The lowest BCUT2D eigenvalue weighted by molar-refractivity contribution is -0.132. The first-order valence-electron chi connectivity index (χ1n) is 9.05. The molecule has 0 aliphatic heterocycles. The van der Waals surface area contributed by atoms with Crippen LogP contribution >= 0.6 is 15.9 Å². The molecule has 0 saturated heterocycles. The summed E-state index contributed by atoms with van der Waals surface area (Å²) in [6.07, 6.45) is 2.99. The number of methoxy groups -OCH3 is 1. The molecule has 0 amide bonds. The summed E-state index contributed by atoms with van der Waals surface area (Å²) in [5, 5.41) is 4.86. The molecule has 3 rings (SSSR count). The third-order valence-electron chi connectivity index (χ3n) is 4.11. The van der Waals surface area contributed by atoms with E-state index in [0.717, 1.165) is 10.9 Å². The van der Waals surface area contributed by atoms with Gasteiger partial charge >= 0.3 is 5.97 Å². The quantitative estimate of drug-likeness (QED) is 0.318. The van der Waals surface area contributed by atoms with Gasteiger partial charge in [-0.25, -0.2) is 4.98 Å². The van der Waals surface area contributed by atoms with E-state index < -0.39 is 5.97 Å². The number of esters is 1. The molecular formula is C21H20BrN3O4. The van der Waals surface area contributed by atoms with Crippen molar-refractivity contribution in [3.8, 4) is 11.5 Å². The maximum absolute atomic E-state index is 13.0. The van der Waals surface area contributed by atoms with Gasteiger partial charge in [0.2, 0.25) is 0 Å². The number of aromatic nitrogens is 2. The van der Waals surface area contributed by atoms with Crippen LogP contribution in [0.4, 0.5) is 0 Å². The Morgan fingerprint density at radius 1 is 1.24 bits per heavy atom. The van der Waals surface area contributed by atoms with Crippen molar-refractivity contribution in [1.82, 2.24) is 9.66 Å². The van der Waals surface area contributed by atoms with Gasteiger partial charge in [-0.2, -0.15) is 9.78 Å². The van der Waals surface area contributed by atoms with E-state index in [-0.39, 0.29) is 5.56 Å².